The van der Waals surface area contributed by atoms with Crippen LogP contribution in [0.4, 0.5) is 0 Å². The van der Waals surface area contributed by atoms with Crippen molar-refractivity contribution in [2.75, 3.05) is 0 Å². The van der Waals surface area contributed by atoms with Crippen LogP contribution in [0.2, 0.25) is 0 Å². The van der Waals surface area contributed by atoms with Crippen LogP contribution < -0.4 is 0 Å². The smallest absolute Gasteiger partial charge is 0 e. The Morgan fingerprint density at radius 2 is 1.58 bits per heavy atom. The second-order valence-corrected chi connectivity index (χ2v) is 2.96. The molecule has 0 saturated heterocycles. The van der Waals surface area contributed by atoms with Gasteiger partial charge in [0.1, 0.15) is 0 Å². The van der Waals surface area contributed by atoms with Crippen LogP contribution in [0.25, 0.3) is 0 Å². The molecule has 1 radical (unpaired) electrons. The molecule has 0 aliphatic carbocycles. The molecule has 0 aromatic rings. The molecule has 12 heavy (non-hydrogen) atoms. The Morgan fingerprint density at radius 3 is 2.08 bits per heavy atom. The average Bonchev–Trinajstić information content (AvgIpc) is 2.03. The molecule has 0 rings (SSSR count). The van der Waals surface area contributed by atoms with Gasteiger partial charge >= 0.3 is 0 Å². The van der Waals surface area contributed by atoms with Gasteiger partial charge in [-0.1, -0.05) is 44.8 Å². The van der Waals surface area contributed by atoms with Crippen LogP contribution in [0.3, 0.4) is 0 Å². The number of hydrogen-bond donors (Lipinski definition) is 0. The van der Waals surface area contributed by atoms with E-state index in [0.717, 1.165) is 6.42 Å². The fourth-order valence-electron chi connectivity index (χ4n) is 0.997. The molecule has 1 heteroatoms. The Kier molecular flexibility index (Phi) is 18.4. The first-order chi connectivity index (χ1) is 5.41. The summed E-state index contributed by atoms with van der Waals surface area (Å²) in [5.41, 5.74) is 0. The predicted molar refractivity (Wildman–Crippen MR) is 52.5 cm³/mol. The topological polar surface area (TPSA) is 0 Å². The van der Waals surface area contributed by atoms with Gasteiger partial charge in [0, 0.05) is 32.7 Å². The normalized spacial score (nSPS) is 10.2. The zero-order valence-electron chi connectivity index (χ0n) is 8.39. The molecule has 0 aromatic heterocycles. The summed E-state index contributed by atoms with van der Waals surface area (Å²) in [6.07, 6.45) is 13.5. The minimum absolute atomic E-state index is 0. The number of unbranched alkanes of at least 4 members (excludes halogenated alkanes) is 5. The maximum Gasteiger partial charge on any atom is 0 e. The van der Waals surface area contributed by atoms with E-state index in [9.17, 15) is 0 Å². The zero-order valence-corrected chi connectivity index (χ0v) is 11.2. The Labute approximate surface area is 103 Å². The molecule has 0 fully saturated rings. The van der Waals surface area contributed by atoms with Crippen molar-refractivity contribution in [3.63, 3.8) is 0 Å². The summed E-state index contributed by atoms with van der Waals surface area (Å²) in [5.74, 6) is 0. The largest absolute Gasteiger partial charge is 0.343 e. The van der Waals surface area contributed by atoms with Gasteiger partial charge in [-0.15, -0.1) is 0 Å². The van der Waals surface area contributed by atoms with Crippen LogP contribution >= 0.6 is 0 Å². The van der Waals surface area contributed by atoms with E-state index in [1.165, 1.54) is 38.5 Å². The summed E-state index contributed by atoms with van der Waals surface area (Å²) in [7, 11) is 0. The molecule has 0 spiro atoms. The van der Waals surface area contributed by atoms with Crippen LogP contribution in [-0.2, 0) is 32.7 Å². The fourth-order valence-corrected chi connectivity index (χ4v) is 0.997. The van der Waals surface area contributed by atoms with E-state index in [4.69, 9.17) is 0 Å². The standard InChI is InChI=1S/C11H21.Y/c1-3-5-7-9-11-10-8-6-4-2;/h10-11H,1,3-9H2,2H3;/q-1;/b11-10+;. The van der Waals surface area contributed by atoms with E-state index in [1.54, 1.807) is 0 Å². The summed E-state index contributed by atoms with van der Waals surface area (Å²) < 4.78 is 0. The van der Waals surface area contributed by atoms with Crippen molar-refractivity contribution in [3.05, 3.63) is 19.1 Å². The van der Waals surface area contributed by atoms with Gasteiger partial charge in [0.25, 0.3) is 0 Å². The number of allylic oxidation sites excluding steroid dienone is 2. The first-order valence-corrected chi connectivity index (χ1v) is 4.86. The van der Waals surface area contributed by atoms with Gasteiger partial charge < -0.3 is 6.92 Å². The third kappa shape index (κ3) is 13.4. The van der Waals surface area contributed by atoms with E-state index >= 15 is 0 Å². The van der Waals surface area contributed by atoms with Gasteiger partial charge in [0.15, 0.2) is 0 Å². The summed E-state index contributed by atoms with van der Waals surface area (Å²) in [6.45, 7) is 6.04. The molecule has 0 amide bonds. The minimum Gasteiger partial charge on any atom is -0.343 e. The van der Waals surface area contributed by atoms with E-state index in [-0.39, 0.29) is 32.7 Å². The van der Waals surface area contributed by atoms with Crippen LogP contribution in [0.1, 0.15) is 51.9 Å². The van der Waals surface area contributed by atoms with Crippen molar-refractivity contribution in [2.24, 2.45) is 0 Å². The minimum atomic E-state index is 0. The molecule has 0 aromatic carbocycles. The van der Waals surface area contributed by atoms with Gasteiger partial charge in [0.05, 0.1) is 0 Å². The molecule has 0 bridgehead atoms. The summed E-state index contributed by atoms with van der Waals surface area (Å²) in [5, 5.41) is 0. The Hall–Kier alpha value is 0.844. The predicted octanol–water partition coefficient (Wildman–Crippen LogP) is 4.12. The van der Waals surface area contributed by atoms with Crippen LogP contribution in [-0.4, -0.2) is 0 Å². The summed E-state index contributed by atoms with van der Waals surface area (Å²) >= 11 is 0. The van der Waals surface area contributed by atoms with Crippen molar-refractivity contribution in [1.82, 2.24) is 0 Å². The third-order valence-electron chi connectivity index (χ3n) is 1.76. The summed E-state index contributed by atoms with van der Waals surface area (Å²) in [4.78, 5) is 0. The van der Waals surface area contributed by atoms with Crippen molar-refractivity contribution in [3.8, 4) is 0 Å². The van der Waals surface area contributed by atoms with E-state index < -0.39 is 0 Å². The first kappa shape index (κ1) is 15.3. The van der Waals surface area contributed by atoms with E-state index in [2.05, 4.69) is 26.0 Å². The molecular formula is C11H21Y-. The molecule has 69 valence electrons. The fraction of sp³-hybridized carbons (Fsp3) is 0.727. The van der Waals surface area contributed by atoms with Gasteiger partial charge in [-0.05, 0) is 12.8 Å². The second-order valence-electron chi connectivity index (χ2n) is 2.96. The third-order valence-corrected chi connectivity index (χ3v) is 1.76. The van der Waals surface area contributed by atoms with Crippen molar-refractivity contribution < 1.29 is 32.7 Å². The van der Waals surface area contributed by atoms with E-state index in [1.807, 2.05) is 0 Å². The molecule has 0 atom stereocenters. The molecule has 0 heterocycles. The van der Waals surface area contributed by atoms with Crippen LogP contribution in [0, 0.1) is 6.92 Å². The van der Waals surface area contributed by atoms with Crippen molar-refractivity contribution >= 4 is 0 Å². The maximum absolute atomic E-state index is 3.81. The second kappa shape index (κ2) is 14.4. The van der Waals surface area contributed by atoms with Gasteiger partial charge in [-0.2, -0.15) is 6.42 Å². The monoisotopic (exact) mass is 242 g/mol. The quantitative estimate of drug-likeness (QED) is 0.358. The van der Waals surface area contributed by atoms with Gasteiger partial charge in [-0.25, -0.2) is 0 Å². The van der Waals surface area contributed by atoms with Gasteiger partial charge in [0.2, 0.25) is 0 Å². The Bertz CT molecular complexity index is 87.0. The molecule has 0 saturated carbocycles. The van der Waals surface area contributed by atoms with Gasteiger partial charge in [-0.3, -0.25) is 0 Å². The molecule has 0 nitrogen and oxygen atoms in total. The number of hydrogen-bond acceptors (Lipinski definition) is 0. The number of rotatable bonds is 7. The van der Waals surface area contributed by atoms with Crippen LogP contribution in [0.5, 0.6) is 0 Å². The van der Waals surface area contributed by atoms with E-state index in [0.29, 0.717) is 0 Å². The van der Waals surface area contributed by atoms with Crippen molar-refractivity contribution in [2.45, 2.75) is 51.9 Å². The molecular weight excluding hydrogens is 221 g/mol. The first-order valence-electron chi connectivity index (χ1n) is 4.86. The Morgan fingerprint density at radius 1 is 1.00 bits per heavy atom. The molecule has 0 unspecified atom stereocenters. The summed E-state index contributed by atoms with van der Waals surface area (Å²) in [6, 6.07) is 0. The molecule has 0 aliphatic heterocycles. The molecule has 0 aliphatic rings. The average molecular weight is 242 g/mol. The van der Waals surface area contributed by atoms with Crippen LogP contribution in [0.15, 0.2) is 12.2 Å². The van der Waals surface area contributed by atoms with Crippen molar-refractivity contribution in [1.29, 1.82) is 0 Å². The zero-order chi connectivity index (χ0) is 8.36. The SMILES string of the molecule is [CH2-]CCCC/C=C/CCCC.[Y]. The molecule has 0 N–H and O–H groups in total. The maximum atomic E-state index is 3.81. The Balaban J connectivity index is 0.